The van der Waals surface area contributed by atoms with E-state index in [9.17, 15) is 13.2 Å². The lowest BCUT2D eigenvalue weighted by Crippen LogP contribution is -2.47. The fourth-order valence-electron chi connectivity index (χ4n) is 4.93. The summed E-state index contributed by atoms with van der Waals surface area (Å²) >= 11 is 0. The predicted octanol–water partition coefficient (Wildman–Crippen LogP) is 3.20. The van der Waals surface area contributed by atoms with Gasteiger partial charge in [-0.05, 0) is 60.9 Å². The molecule has 1 unspecified atom stereocenters. The van der Waals surface area contributed by atoms with Crippen LogP contribution in [0, 0.1) is 11.8 Å². The molecule has 7 nitrogen and oxygen atoms in total. The molecule has 8 heteroatoms. The van der Waals surface area contributed by atoms with Gasteiger partial charge in [0, 0.05) is 19.6 Å². The highest BCUT2D eigenvalue weighted by Gasteiger charge is 2.45. The molecule has 0 radical (unpaired) electrons. The fourth-order valence-corrected chi connectivity index (χ4v) is 6.43. The van der Waals surface area contributed by atoms with Crippen molar-refractivity contribution in [1.29, 1.82) is 0 Å². The average molecular weight is 457 g/mol. The van der Waals surface area contributed by atoms with E-state index in [-0.39, 0.29) is 17.8 Å². The Morgan fingerprint density at radius 1 is 1.12 bits per heavy atom. The monoisotopic (exact) mass is 456 g/mol. The van der Waals surface area contributed by atoms with Crippen LogP contribution in [0.3, 0.4) is 0 Å². The van der Waals surface area contributed by atoms with Crippen LogP contribution < -0.4 is 5.73 Å². The van der Waals surface area contributed by atoms with Gasteiger partial charge in [-0.15, -0.1) is 0 Å². The molecule has 32 heavy (non-hydrogen) atoms. The molecular weight excluding hydrogens is 424 g/mol. The van der Waals surface area contributed by atoms with Crippen LogP contribution in [-0.2, 0) is 14.8 Å². The second kappa shape index (κ2) is 8.48. The first-order chi connectivity index (χ1) is 15.1. The Kier molecular flexibility index (Phi) is 6.02. The maximum absolute atomic E-state index is 13.2. The first-order valence-electron chi connectivity index (χ1n) is 11.3. The van der Waals surface area contributed by atoms with E-state index in [4.69, 9.17) is 5.73 Å². The first kappa shape index (κ1) is 22.7. The fraction of sp³-hybridized carbons (Fsp3) is 0.500. The molecule has 4 rings (SSSR count). The normalized spacial score (nSPS) is 23.3. The van der Waals surface area contributed by atoms with Crippen LogP contribution in [0.15, 0.2) is 52.4 Å². The molecule has 1 saturated heterocycles. The van der Waals surface area contributed by atoms with E-state index in [0.717, 1.165) is 10.8 Å². The van der Waals surface area contributed by atoms with Crippen LogP contribution in [0.1, 0.15) is 40.0 Å². The zero-order valence-corrected chi connectivity index (χ0v) is 19.8. The first-order valence-corrected chi connectivity index (χ1v) is 12.7. The molecule has 2 aliphatic heterocycles. The summed E-state index contributed by atoms with van der Waals surface area (Å²) in [7, 11) is -3.55. The zero-order valence-electron chi connectivity index (χ0n) is 19.0. The smallest absolute Gasteiger partial charge is 0.257 e. The number of fused-ring (bicyclic) bond motifs is 1. The molecule has 1 amide bonds. The number of guanidine groups is 1. The molecule has 1 fully saturated rings. The Balaban J connectivity index is 1.41. The van der Waals surface area contributed by atoms with Crippen LogP contribution >= 0.6 is 0 Å². The summed E-state index contributed by atoms with van der Waals surface area (Å²) in [4.78, 5) is 19.4. The second-order valence-electron chi connectivity index (χ2n) is 9.61. The van der Waals surface area contributed by atoms with Crippen molar-refractivity contribution < 1.29 is 13.2 Å². The number of carbonyl (C=O) groups is 1. The molecule has 0 spiro atoms. The minimum absolute atomic E-state index is 0.0464. The maximum Gasteiger partial charge on any atom is 0.257 e. The highest BCUT2D eigenvalue weighted by Crippen LogP contribution is 2.31. The van der Waals surface area contributed by atoms with Crippen molar-refractivity contribution in [2.75, 3.05) is 19.6 Å². The van der Waals surface area contributed by atoms with Gasteiger partial charge in [-0.3, -0.25) is 9.69 Å². The summed E-state index contributed by atoms with van der Waals surface area (Å²) in [5.41, 5.74) is 5.31. The maximum atomic E-state index is 13.2. The third kappa shape index (κ3) is 4.26. The topological polar surface area (TPSA) is 96.1 Å². The third-order valence-corrected chi connectivity index (χ3v) is 8.42. The number of nitrogens with zero attached hydrogens (tertiary/aromatic N) is 3. The predicted molar refractivity (Wildman–Crippen MR) is 127 cm³/mol. The lowest BCUT2D eigenvalue weighted by molar-refractivity contribution is -0.131. The molecular formula is C24H32N4O3S. The van der Waals surface area contributed by atoms with Crippen molar-refractivity contribution in [2.45, 2.75) is 50.5 Å². The Hall–Kier alpha value is -2.45. The highest BCUT2D eigenvalue weighted by atomic mass is 32.2. The molecule has 0 saturated carbocycles. The minimum atomic E-state index is -3.55. The van der Waals surface area contributed by atoms with Crippen LogP contribution in [0.25, 0.3) is 10.8 Å². The largest absolute Gasteiger partial charge is 0.369 e. The lowest BCUT2D eigenvalue weighted by atomic mass is 9.90. The van der Waals surface area contributed by atoms with Gasteiger partial charge in [0.2, 0.25) is 10.0 Å². The van der Waals surface area contributed by atoms with E-state index in [2.05, 4.69) is 18.8 Å². The number of hydrogen-bond acceptors (Lipinski definition) is 5. The Morgan fingerprint density at radius 3 is 2.44 bits per heavy atom. The number of nitrogens with two attached hydrogens (primary N) is 1. The number of amides is 1. The average Bonchev–Trinajstić information content (AvgIpc) is 2.95. The molecule has 0 bridgehead atoms. The van der Waals surface area contributed by atoms with E-state index >= 15 is 0 Å². The van der Waals surface area contributed by atoms with Gasteiger partial charge in [0.15, 0.2) is 5.96 Å². The standard InChI is InChI=1S/C24H32N4O3S/c1-17(2)15-24(3)22(29)28(23(25)26-24)16-18-10-12-27(13-11-18)32(30,31)21-9-8-19-6-4-5-7-20(19)14-21/h4-9,14,17-18H,10-13,15-16H2,1-3H3,(H2,25,26). The van der Waals surface area contributed by atoms with Gasteiger partial charge >= 0.3 is 0 Å². The quantitative estimate of drug-likeness (QED) is 0.722. The van der Waals surface area contributed by atoms with E-state index in [1.54, 1.807) is 21.3 Å². The van der Waals surface area contributed by atoms with E-state index in [0.29, 0.717) is 49.7 Å². The third-order valence-electron chi connectivity index (χ3n) is 6.52. The van der Waals surface area contributed by atoms with Gasteiger partial charge < -0.3 is 5.73 Å². The number of rotatable bonds is 6. The minimum Gasteiger partial charge on any atom is -0.369 e. The Labute approximate surface area is 190 Å². The van der Waals surface area contributed by atoms with E-state index in [1.165, 1.54) is 0 Å². The van der Waals surface area contributed by atoms with Crippen molar-refractivity contribution in [3.8, 4) is 0 Å². The molecule has 2 aromatic carbocycles. The van der Waals surface area contributed by atoms with Crippen LogP contribution in [0.2, 0.25) is 0 Å². The van der Waals surface area contributed by atoms with Crippen molar-refractivity contribution in [3.63, 3.8) is 0 Å². The molecule has 2 aliphatic rings. The molecule has 1 atom stereocenters. The SMILES string of the molecule is CC(C)CC1(C)N=C(N)N(CC2CCN(S(=O)(=O)c3ccc4ccccc4c3)CC2)C1=O. The molecule has 2 heterocycles. The number of hydrogen-bond donors (Lipinski definition) is 1. The number of aliphatic imine (C=N–C) groups is 1. The van der Waals surface area contributed by atoms with Crippen LogP contribution in [0.5, 0.6) is 0 Å². The number of benzene rings is 2. The van der Waals surface area contributed by atoms with Crippen molar-refractivity contribution >= 4 is 32.7 Å². The van der Waals surface area contributed by atoms with Gasteiger partial charge in [-0.2, -0.15) is 4.31 Å². The lowest BCUT2D eigenvalue weighted by Gasteiger charge is -2.33. The van der Waals surface area contributed by atoms with Gasteiger partial charge in [-0.25, -0.2) is 13.4 Å². The molecule has 2 aromatic rings. The summed E-state index contributed by atoms with van der Waals surface area (Å²) in [5.74, 6) is 0.764. The highest BCUT2D eigenvalue weighted by molar-refractivity contribution is 7.89. The van der Waals surface area contributed by atoms with Gasteiger partial charge in [0.1, 0.15) is 5.54 Å². The zero-order chi connectivity index (χ0) is 23.1. The van der Waals surface area contributed by atoms with Gasteiger partial charge in [0.05, 0.1) is 4.90 Å². The summed E-state index contributed by atoms with van der Waals surface area (Å²) in [6, 6.07) is 13.0. The van der Waals surface area contributed by atoms with E-state index < -0.39 is 15.6 Å². The second-order valence-corrected chi connectivity index (χ2v) is 11.6. The summed E-state index contributed by atoms with van der Waals surface area (Å²) in [6.07, 6.45) is 2.03. The molecule has 0 aromatic heterocycles. The Bertz CT molecular complexity index is 1150. The number of carbonyl (C=O) groups excluding carboxylic acids is 1. The van der Waals surface area contributed by atoms with Crippen LogP contribution in [0.4, 0.5) is 0 Å². The number of piperidine rings is 1. The van der Waals surface area contributed by atoms with Gasteiger partial charge in [-0.1, -0.05) is 44.2 Å². The number of sulfonamides is 1. The summed E-state index contributed by atoms with van der Waals surface area (Å²) < 4.78 is 27.9. The summed E-state index contributed by atoms with van der Waals surface area (Å²) in [6.45, 7) is 7.34. The van der Waals surface area contributed by atoms with E-state index in [1.807, 2.05) is 37.3 Å². The Morgan fingerprint density at radius 2 is 1.78 bits per heavy atom. The molecule has 0 aliphatic carbocycles. The molecule has 2 N–H and O–H groups in total. The summed E-state index contributed by atoms with van der Waals surface area (Å²) in [5, 5.41) is 1.93. The van der Waals surface area contributed by atoms with Crippen molar-refractivity contribution in [1.82, 2.24) is 9.21 Å². The molecule has 172 valence electrons. The van der Waals surface area contributed by atoms with Crippen LogP contribution in [-0.4, -0.2) is 54.7 Å². The van der Waals surface area contributed by atoms with Crippen molar-refractivity contribution in [2.24, 2.45) is 22.6 Å². The van der Waals surface area contributed by atoms with Gasteiger partial charge in [0.25, 0.3) is 5.91 Å². The van der Waals surface area contributed by atoms with Crippen molar-refractivity contribution in [3.05, 3.63) is 42.5 Å².